The molecule has 1 unspecified atom stereocenters. The van der Waals surface area contributed by atoms with E-state index in [-0.39, 0.29) is 11.8 Å². The Hall–Kier alpha value is -1.66. The summed E-state index contributed by atoms with van der Waals surface area (Å²) in [6.07, 6.45) is 6.92. The lowest BCUT2D eigenvalue weighted by Gasteiger charge is -2.15. The largest absolute Gasteiger partial charge is 0.300 e. The zero-order chi connectivity index (χ0) is 16.1. The SMILES string of the molecule is Cc1ccc(CSc2nnc(NC(=O)C3CC=CCC3)s2)cc1. The number of allylic oxidation sites excluding steroid dienone is 2. The van der Waals surface area contributed by atoms with E-state index < -0.39 is 0 Å². The van der Waals surface area contributed by atoms with Crippen LogP contribution in [0.3, 0.4) is 0 Å². The van der Waals surface area contributed by atoms with Gasteiger partial charge >= 0.3 is 0 Å². The Morgan fingerprint density at radius 3 is 2.87 bits per heavy atom. The van der Waals surface area contributed by atoms with Crippen LogP contribution >= 0.6 is 23.1 Å². The number of anilines is 1. The van der Waals surface area contributed by atoms with Gasteiger partial charge in [-0.15, -0.1) is 10.2 Å². The number of aryl methyl sites for hydroxylation is 1. The number of thioether (sulfide) groups is 1. The summed E-state index contributed by atoms with van der Waals surface area (Å²) in [5, 5.41) is 11.7. The van der Waals surface area contributed by atoms with Crippen molar-refractivity contribution in [1.29, 1.82) is 0 Å². The molecule has 2 aromatic rings. The van der Waals surface area contributed by atoms with Crippen molar-refractivity contribution < 1.29 is 4.79 Å². The fourth-order valence-electron chi connectivity index (χ4n) is 2.39. The Morgan fingerprint density at radius 1 is 1.30 bits per heavy atom. The van der Waals surface area contributed by atoms with E-state index in [4.69, 9.17) is 0 Å². The van der Waals surface area contributed by atoms with Crippen LogP contribution < -0.4 is 5.32 Å². The minimum Gasteiger partial charge on any atom is -0.300 e. The van der Waals surface area contributed by atoms with Crippen LogP contribution in [0.1, 0.15) is 30.4 Å². The van der Waals surface area contributed by atoms with Gasteiger partial charge in [0.25, 0.3) is 0 Å². The average Bonchev–Trinajstić information content (AvgIpc) is 3.02. The van der Waals surface area contributed by atoms with Gasteiger partial charge in [0.2, 0.25) is 11.0 Å². The van der Waals surface area contributed by atoms with Gasteiger partial charge in [0.1, 0.15) is 0 Å². The van der Waals surface area contributed by atoms with Crippen LogP contribution in [0.5, 0.6) is 0 Å². The molecule has 1 aliphatic carbocycles. The molecule has 0 spiro atoms. The van der Waals surface area contributed by atoms with Gasteiger partial charge in [-0.25, -0.2) is 0 Å². The fraction of sp³-hybridized carbons (Fsp3) is 0.353. The smallest absolute Gasteiger partial charge is 0.229 e. The number of nitrogens with zero attached hydrogens (tertiary/aromatic N) is 2. The van der Waals surface area contributed by atoms with Gasteiger partial charge in [-0.2, -0.15) is 0 Å². The van der Waals surface area contributed by atoms with E-state index in [2.05, 4.69) is 58.9 Å². The Balaban J connectivity index is 1.52. The molecule has 3 rings (SSSR count). The van der Waals surface area contributed by atoms with Crippen LogP contribution in [0.4, 0.5) is 5.13 Å². The van der Waals surface area contributed by atoms with Gasteiger partial charge in [-0.1, -0.05) is 65.1 Å². The standard InChI is InChI=1S/C17H19N3OS2/c1-12-7-9-13(10-8-12)11-22-17-20-19-16(23-17)18-15(21)14-5-3-2-4-6-14/h2-3,7-10,14H,4-6,11H2,1H3,(H,18,19,21). The molecular weight excluding hydrogens is 326 g/mol. The summed E-state index contributed by atoms with van der Waals surface area (Å²) in [4.78, 5) is 12.2. The summed E-state index contributed by atoms with van der Waals surface area (Å²) < 4.78 is 0.879. The van der Waals surface area contributed by atoms with Crippen LogP contribution in [-0.2, 0) is 10.5 Å². The number of aromatic nitrogens is 2. The second-order valence-corrected chi connectivity index (χ2v) is 7.82. The zero-order valence-corrected chi connectivity index (χ0v) is 14.6. The summed E-state index contributed by atoms with van der Waals surface area (Å²) in [5.74, 6) is 0.976. The molecule has 4 nitrogen and oxygen atoms in total. The maximum absolute atomic E-state index is 12.2. The van der Waals surface area contributed by atoms with Crippen molar-refractivity contribution in [3.8, 4) is 0 Å². The Morgan fingerprint density at radius 2 is 2.13 bits per heavy atom. The third-order valence-electron chi connectivity index (χ3n) is 3.76. The molecule has 23 heavy (non-hydrogen) atoms. The Kier molecular flexibility index (Phi) is 5.46. The minimum atomic E-state index is 0.0561. The lowest BCUT2D eigenvalue weighted by Crippen LogP contribution is -2.23. The highest BCUT2D eigenvalue weighted by Crippen LogP contribution is 2.29. The van der Waals surface area contributed by atoms with Crippen molar-refractivity contribution in [2.24, 2.45) is 5.92 Å². The average molecular weight is 345 g/mol. The number of hydrogen-bond acceptors (Lipinski definition) is 5. The second-order valence-electron chi connectivity index (χ2n) is 5.62. The number of carbonyl (C=O) groups is 1. The molecule has 0 radical (unpaired) electrons. The molecule has 0 saturated heterocycles. The van der Waals surface area contributed by atoms with Crippen LogP contribution in [0.25, 0.3) is 0 Å². The van der Waals surface area contributed by atoms with Crippen LogP contribution in [0.2, 0.25) is 0 Å². The third kappa shape index (κ3) is 4.65. The molecular formula is C17H19N3OS2. The summed E-state index contributed by atoms with van der Waals surface area (Å²) >= 11 is 3.08. The van der Waals surface area contributed by atoms with Gasteiger partial charge < -0.3 is 5.32 Å². The normalized spacial score (nSPS) is 17.2. The molecule has 1 heterocycles. The summed E-state index contributed by atoms with van der Waals surface area (Å²) in [6, 6.07) is 8.48. The number of amides is 1. The highest BCUT2D eigenvalue weighted by molar-refractivity contribution is 8.00. The van der Waals surface area contributed by atoms with Crippen molar-refractivity contribution in [2.75, 3.05) is 5.32 Å². The van der Waals surface area contributed by atoms with Gasteiger partial charge in [0.05, 0.1) is 0 Å². The van der Waals surface area contributed by atoms with Crippen LogP contribution in [0, 0.1) is 12.8 Å². The molecule has 0 bridgehead atoms. The van der Waals surface area contributed by atoms with Gasteiger partial charge in [0.15, 0.2) is 4.34 Å². The fourth-order valence-corrected chi connectivity index (χ4v) is 4.10. The molecule has 0 fully saturated rings. The van der Waals surface area contributed by atoms with E-state index in [9.17, 15) is 4.79 Å². The molecule has 1 N–H and O–H groups in total. The molecule has 1 aliphatic rings. The first-order chi connectivity index (χ1) is 11.2. The highest BCUT2D eigenvalue weighted by atomic mass is 32.2. The highest BCUT2D eigenvalue weighted by Gasteiger charge is 2.20. The van der Waals surface area contributed by atoms with Crippen molar-refractivity contribution in [3.63, 3.8) is 0 Å². The first kappa shape index (κ1) is 16.2. The third-order valence-corrected chi connectivity index (χ3v) is 5.80. The zero-order valence-electron chi connectivity index (χ0n) is 13.0. The van der Waals surface area contributed by atoms with Crippen LogP contribution in [0.15, 0.2) is 40.8 Å². The molecule has 120 valence electrons. The number of carbonyl (C=O) groups excluding carboxylic acids is 1. The van der Waals surface area contributed by atoms with E-state index >= 15 is 0 Å². The number of hydrogen-bond donors (Lipinski definition) is 1. The first-order valence-corrected chi connectivity index (χ1v) is 9.48. The van der Waals surface area contributed by atoms with Crippen molar-refractivity contribution in [1.82, 2.24) is 10.2 Å². The first-order valence-electron chi connectivity index (χ1n) is 7.68. The molecule has 1 amide bonds. The lowest BCUT2D eigenvalue weighted by molar-refractivity contribution is -0.120. The topological polar surface area (TPSA) is 54.9 Å². The lowest BCUT2D eigenvalue weighted by atomic mass is 9.94. The predicted octanol–water partition coefficient (Wildman–Crippen LogP) is 4.43. The number of rotatable bonds is 5. The van der Waals surface area contributed by atoms with Gasteiger partial charge in [-0.05, 0) is 31.7 Å². The van der Waals surface area contributed by atoms with E-state index in [1.165, 1.54) is 22.5 Å². The molecule has 1 atom stereocenters. The monoisotopic (exact) mass is 345 g/mol. The number of benzene rings is 1. The maximum Gasteiger partial charge on any atom is 0.229 e. The molecule has 6 heteroatoms. The van der Waals surface area contributed by atoms with Gasteiger partial charge in [0, 0.05) is 11.7 Å². The summed E-state index contributed by atoms with van der Waals surface area (Å²) in [6.45, 7) is 2.08. The van der Waals surface area contributed by atoms with Crippen molar-refractivity contribution in [3.05, 3.63) is 47.5 Å². The maximum atomic E-state index is 12.2. The minimum absolute atomic E-state index is 0.0561. The predicted molar refractivity (Wildman–Crippen MR) is 95.8 cm³/mol. The molecule has 0 saturated carbocycles. The quantitative estimate of drug-likeness (QED) is 0.495. The van der Waals surface area contributed by atoms with Crippen LogP contribution in [-0.4, -0.2) is 16.1 Å². The summed E-state index contributed by atoms with van der Waals surface area (Å²) in [7, 11) is 0. The Labute approximate surface area is 144 Å². The second kappa shape index (κ2) is 7.75. The summed E-state index contributed by atoms with van der Waals surface area (Å²) in [5.41, 5.74) is 2.52. The number of nitrogens with one attached hydrogen (secondary N) is 1. The molecule has 1 aromatic carbocycles. The molecule has 0 aliphatic heterocycles. The molecule has 1 aromatic heterocycles. The Bertz CT molecular complexity index is 694. The van der Waals surface area contributed by atoms with E-state index in [1.807, 2.05) is 0 Å². The van der Waals surface area contributed by atoms with Crippen molar-refractivity contribution in [2.45, 2.75) is 36.3 Å². The van der Waals surface area contributed by atoms with E-state index in [0.29, 0.717) is 5.13 Å². The van der Waals surface area contributed by atoms with Gasteiger partial charge in [-0.3, -0.25) is 4.79 Å². The van der Waals surface area contributed by atoms with Crippen molar-refractivity contribution >= 4 is 34.1 Å². The van der Waals surface area contributed by atoms with E-state index in [1.54, 1.807) is 11.8 Å². The van der Waals surface area contributed by atoms with E-state index in [0.717, 1.165) is 29.4 Å².